The fraction of sp³-hybridized carbons (Fsp3) is 0.609. The zero-order chi connectivity index (χ0) is 22.2. The van der Waals surface area contributed by atoms with Gasteiger partial charge in [0.2, 0.25) is 5.91 Å². The van der Waals surface area contributed by atoms with E-state index in [4.69, 9.17) is 0 Å². The topological polar surface area (TPSA) is 70.0 Å². The molecular weight excluding hydrogens is 416 g/mol. The van der Waals surface area contributed by atoms with Gasteiger partial charge in [-0.15, -0.1) is 0 Å². The number of fused-ring (bicyclic) bond motifs is 1. The van der Waals surface area contributed by atoms with Gasteiger partial charge in [-0.05, 0) is 74.7 Å². The Morgan fingerprint density at radius 3 is 2.53 bits per heavy atom. The largest absolute Gasteiger partial charge is 0.328 e. The molecule has 1 N–H and O–H groups in total. The maximum absolute atomic E-state index is 13.5. The van der Waals surface area contributed by atoms with E-state index in [0.717, 1.165) is 44.4 Å². The van der Waals surface area contributed by atoms with Crippen molar-refractivity contribution in [1.82, 2.24) is 19.8 Å². The molecule has 0 spiro atoms. The third-order valence-electron chi connectivity index (χ3n) is 7.17. The first-order valence-electron chi connectivity index (χ1n) is 11.5. The van der Waals surface area contributed by atoms with Crippen molar-refractivity contribution in [2.75, 3.05) is 31.1 Å². The molecule has 4 heterocycles. The molecule has 7 nitrogen and oxygen atoms in total. The van der Waals surface area contributed by atoms with Gasteiger partial charge in [-0.2, -0.15) is 5.10 Å². The summed E-state index contributed by atoms with van der Waals surface area (Å²) >= 11 is 0. The maximum Gasteiger partial charge on any atom is 0.328 e. The first-order valence-corrected chi connectivity index (χ1v) is 11.5. The number of halogens is 2. The molecule has 2 aromatic heterocycles. The van der Waals surface area contributed by atoms with Gasteiger partial charge in [-0.3, -0.25) is 15.0 Å². The lowest BCUT2D eigenvalue weighted by Gasteiger charge is -2.33. The molecule has 1 aliphatic carbocycles. The van der Waals surface area contributed by atoms with Gasteiger partial charge in [-0.25, -0.2) is 18.1 Å². The molecular formula is C23H29F2N5O2. The Bertz CT molecular complexity index is 993. The average molecular weight is 446 g/mol. The summed E-state index contributed by atoms with van der Waals surface area (Å²) in [4.78, 5) is 27.6. The van der Waals surface area contributed by atoms with Crippen LogP contribution in [0.3, 0.4) is 0 Å². The highest BCUT2D eigenvalue weighted by Gasteiger charge is 2.35. The molecule has 2 saturated heterocycles. The fourth-order valence-electron chi connectivity index (χ4n) is 5.39. The van der Waals surface area contributed by atoms with Crippen molar-refractivity contribution in [2.24, 2.45) is 11.8 Å². The van der Waals surface area contributed by atoms with E-state index < -0.39 is 18.4 Å². The molecule has 0 aromatic carbocycles. The Labute approximate surface area is 185 Å². The van der Waals surface area contributed by atoms with Crippen LogP contribution in [0.15, 0.2) is 24.5 Å². The molecule has 1 saturated carbocycles. The minimum Gasteiger partial charge on any atom is -0.303 e. The minimum absolute atomic E-state index is 0.140. The summed E-state index contributed by atoms with van der Waals surface area (Å²) in [5.41, 5.74) is 2.76. The smallest absolute Gasteiger partial charge is 0.303 e. The van der Waals surface area contributed by atoms with Gasteiger partial charge >= 0.3 is 6.03 Å². The maximum atomic E-state index is 13.5. The van der Waals surface area contributed by atoms with Crippen molar-refractivity contribution in [3.63, 3.8) is 0 Å². The summed E-state index contributed by atoms with van der Waals surface area (Å²) in [6, 6.07) is 3.74. The third kappa shape index (κ3) is 4.35. The van der Waals surface area contributed by atoms with E-state index in [1.165, 1.54) is 5.56 Å². The van der Waals surface area contributed by atoms with E-state index in [1.54, 1.807) is 15.6 Å². The molecule has 1 unspecified atom stereocenters. The Balaban J connectivity index is 1.20. The van der Waals surface area contributed by atoms with Crippen LogP contribution >= 0.6 is 0 Å². The number of hydrogen-bond donors (Lipinski definition) is 1. The number of likely N-dealkylation sites (tertiary alicyclic amines) is 1. The van der Waals surface area contributed by atoms with Crippen molar-refractivity contribution >= 4 is 23.1 Å². The molecule has 3 aliphatic rings. The highest BCUT2D eigenvalue weighted by atomic mass is 19.2. The molecule has 3 amide bonds. The molecule has 32 heavy (non-hydrogen) atoms. The SMILES string of the molecule is O=C1CCN(c2cnn3ccc(CC4CCN(CC5C[C@@H](F)[C@@H](F)C5)CC4)cc23)C(=O)N1. The summed E-state index contributed by atoms with van der Waals surface area (Å²) in [6.07, 6.45) is 5.10. The third-order valence-corrected chi connectivity index (χ3v) is 7.17. The molecule has 0 bridgehead atoms. The van der Waals surface area contributed by atoms with Gasteiger partial charge in [0.05, 0.1) is 17.4 Å². The molecule has 3 fully saturated rings. The van der Waals surface area contributed by atoms with Crippen molar-refractivity contribution in [3.05, 3.63) is 30.1 Å². The second kappa shape index (κ2) is 8.77. The number of nitrogens with one attached hydrogen (secondary N) is 1. The van der Waals surface area contributed by atoms with Gasteiger partial charge in [0.15, 0.2) is 0 Å². The number of nitrogens with zero attached hydrogens (tertiary/aromatic N) is 4. The van der Waals surface area contributed by atoms with Crippen LogP contribution in [0, 0.1) is 11.8 Å². The Morgan fingerprint density at radius 2 is 1.81 bits per heavy atom. The van der Waals surface area contributed by atoms with Crippen LogP contribution in [-0.2, 0) is 11.2 Å². The molecule has 0 radical (unpaired) electrons. The quantitative estimate of drug-likeness (QED) is 0.768. The number of imide groups is 1. The zero-order valence-electron chi connectivity index (χ0n) is 18.1. The van der Waals surface area contributed by atoms with Crippen LogP contribution in [0.4, 0.5) is 19.3 Å². The number of carbonyl (C=O) groups is 2. The van der Waals surface area contributed by atoms with Gasteiger partial charge in [-0.1, -0.05) is 0 Å². The second-order valence-electron chi connectivity index (χ2n) is 9.47. The number of aromatic nitrogens is 2. The van der Waals surface area contributed by atoms with E-state index >= 15 is 0 Å². The number of hydrogen-bond acceptors (Lipinski definition) is 4. The van der Waals surface area contributed by atoms with Crippen molar-refractivity contribution in [3.8, 4) is 0 Å². The summed E-state index contributed by atoms with van der Waals surface area (Å²) < 4.78 is 28.7. The van der Waals surface area contributed by atoms with Crippen LogP contribution < -0.4 is 10.2 Å². The van der Waals surface area contributed by atoms with Crippen molar-refractivity contribution in [1.29, 1.82) is 0 Å². The number of alkyl halides is 2. The van der Waals surface area contributed by atoms with Crippen LogP contribution in [0.5, 0.6) is 0 Å². The number of carbonyl (C=O) groups excluding carboxylic acids is 2. The average Bonchev–Trinajstić information content (AvgIpc) is 3.32. The Kier molecular flexibility index (Phi) is 5.84. The number of pyridine rings is 1. The second-order valence-corrected chi connectivity index (χ2v) is 9.47. The highest BCUT2D eigenvalue weighted by molar-refractivity contribution is 6.07. The minimum atomic E-state index is -1.28. The lowest BCUT2D eigenvalue weighted by atomic mass is 9.90. The number of urea groups is 1. The standard InChI is InChI=1S/C23H29F2N5O2/c24-18-10-17(11-19(18)25)14-28-5-1-15(2-6-28)9-16-3-8-30-20(12-16)21(13-26-30)29-7-4-22(31)27-23(29)32/h3,8,12-13,15,17-19H,1-2,4-7,9-11,14H2,(H,27,31,32)/t17?,18-,19+. The lowest BCUT2D eigenvalue weighted by molar-refractivity contribution is -0.120. The zero-order valence-corrected chi connectivity index (χ0v) is 18.1. The highest BCUT2D eigenvalue weighted by Crippen LogP contribution is 2.33. The predicted molar refractivity (Wildman–Crippen MR) is 116 cm³/mol. The summed E-state index contributed by atoms with van der Waals surface area (Å²) in [5, 5.41) is 6.72. The summed E-state index contributed by atoms with van der Waals surface area (Å²) in [7, 11) is 0. The van der Waals surface area contributed by atoms with E-state index in [2.05, 4.69) is 27.4 Å². The van der Waals surface area contributed by atoms with E-state index in [1.807, 2.05) is 6.20 Å². The molecule has 2 aliphatic heterocycles. The molecule has 172 valence electrons. The molecule has 9 heteroatoms. The van der Waals surface area contributed by atoms with E-state index in [0.29, 0.717) is 31.0 Å². The van der Waals surface area contributed by atoms with Crippen LogP contribution in [0.1, 0.15) is 37.7 Å². The number of amides is 3. The van der Waals surface area contributed by atoms with E-state index in [9.17, 15) is 18.4 Å². The Morgan fingerprint density at radius 1 is 1.06 bits per heavy atom. The van der Waals surface area contributed by atoms with Crippen molar-refractivity contribution < 1.29 is 18.4 Å². The van der Waals surface area contributed by atoms with Gasteiger partial charge in [0.1, 0.15) is 12.3 Å². The predicted octanol–water partition coefficient (Wildman–Crippen LogP) is 3.12. The monoisotopic (exact) mass is 445 g/mol. The van der Waals surface area contributed by atoms with Gasteiger partial charge in [0.25, 0.3) is 0 Å². The lowest BCUT2D eigenvalue weighted by Crippen LogP contribution is -2.49. The van der Waals surface area contributed by atoms with E-state index in [-0.39, 0.29) is 18.2 Å². The van der Waals surface area contributed by atoms with Gasteiger partial charge in [0, 0.05) is 25.7 Å². The number of rotatable bonds is 5. The summed E-state index contributed by atoms with van der Waals surface area (Å²) in [6.45, 7) is 3.09. The molecule has 3 atom stereocenters. The Hall–Kier alpha value is -2.55. The number of piperidine rings is 1. The molecule has 2 aromatic rings. The first-order chi connectivity index (χ1) is 15.5. The van der Waals surface area contributed by atoms with Crippen LogP contribution in [0.2, 0.25) is 0 Å². The fourth-order valence-corrected chi connectivity index (χ4v) is 5.39. The summed E-state index contributed by atoms with van der Waals surface area (Å²) in [5.74, 6) is 0.445. The molecule has 5 rings (SSSR count). The van der Waals surface area contributed by atoms with Crippen LogP contribution in [0.25, 0.3) is 5.52 Å². The number of anilines is 1. The van der Waals surface area contributed by atoms with Crippen LogP contribution in [-0.4, -0.2) is 65.0 Å². The first kappa shape index (κ1) is 21.3. The van der Waals surface area contributed by atoms with Crippen molar-refractivity contribution in [2.45, 2.75) is 50.9 Å². The normalized spacial score (nSPS) is 27.9. The van der Waals surface area contributed by atoms with Gasteiger partial charge < -0.3 is 4.90 Å².